The van der Waals surface area contributed by atoms with Crippen molar-refractivity contribution >= 4 is 22.6 Å². The predicted octanol–water partition coefficient (Wildman–Crippen LogP) is 2.30. The molecule has 25 heavy (non-hydrogen) atoms. The molecule has 0 aliphatic carbocycles. The van der Waals surface area contributed by atoms with Gasteiger partial charge in [0, 0.05) is 37.7 Å². The van der Waals surface area contributed by atoms with Crippen LogP contribution in [0.2, 0.25) is 0 Å². The van der Waals surface area contributed by atoms with E-state index in [1.807, 2.05) is 47.4 Å². The molecule has 0 spiro atoms. The Kier molecular flexibility index (Phi) is 5.66. The van der Waals surface area contributed by atoms with E-state index in [9.17, 15) is 9.59 Å². The summed E-state index contributed by atoms with van der Waals surface area (Å²) >= 11 is 0. The Morgan fingerprint density at radius 2 is 1.92 bits per heavy atom. The number of amides is 2. The highest BCUT2D eigenvalue weighted by atomic mass is 16.2. The van der Waals surface area contributed by atoms with E-state index in [4.69, 9.17) is 5.73 Å². The summed E-state index contributed by atoms with van der Waals surface area (Å²) in [5.41, 5.74) is 6.12. The third-order valence-corrected chi connectivity index (χ3v) is 4.79. The number of hydrogen-bond acceptors (Lipinski definition) is 3. The Bertz CT molecular complexity index is 759. The molecule has 3 rings (SSSR count). The van der Waals surface area contributed by atoms with Crippen LogP contribution in [0.25, 0.3) is 10.8 Å². The van der Waals surface area contributed by atoms with Crippen molar-refractivity contribution in [3.05, 3.63) is 48.0 Å². The van der Waals surface area contributed by atoms with Gasteiger partial charge in [-0.15, -0.1) is 0 Å². The van der Waals surface area contributed by atoms with Gasteiger partial charge in [0.2, 0.25) is 5.91 Å². The Balaban J connectivity index is 1.74. The van der Waals surface area contributed by atoms with Crippen LogP contribution in [0, 0.1) is 0 Å². The fraction of sp³-hybridized carbons (Fsp3) is 0.400. The molecule has 2 aromatic rings. The SMILES string of the molecule is NCCC(=O)NCC1CCCCN1C(=O)c1ccc2ccccc2c1. The number of nitrogens with two attached hydrogens (primary N) is 1. The molecule has 1 heterocycles. The summed E-state index contributed by atoms with van der Waals surface area (Å²) in [4.78, 5) is 26.6. The van der Waals surface area contributed by atoms with Gasteiger partial charge in [-0.3, -0.25) is 9.59 Å². The van der Waals surface area contributed by atoms with Gasteiger partial charge >= 0.3 is 0 Å². The summed E-state index contributed by atoms with van der Waals surface area (Å²) in [5.74, 6) is -0.00490. The molecular weight excluding hydrogens is 314 g/mol. The molecule has 5 heteroatoms. The average molecular weight is 339 g/mol. The zero-order valence-electron chi connectivity index (χ0n) is 14.4. The highest BCUT2D eigenvalue weighted by molar-refractivity contribution is 5.98. The fourth-order valence-corrected chi connectivity index (χ4v) is 3.42. The number of hydrogen-bond donors (Lipinski definition) is 2. The topological polar surface area (TPSA) is 75.4 Å². The number of benzene rings is 2. The third kappa shape index (κ3) is 4.17. The molecule has 0 bridgehead atoms. The van der Waals surface area contributed by atoms with Crippen LogP contribution in [0.15, 0.2) is 42.5 Å². The standard InChI is InChI=1S/C20H25N3O2/c21-11-10-19(24)22-14-18-7-3-4-12-23(18)20(25)17-9-8-15-5-1-2-6-16(15)13-17/h1-2,5-6,8-9,13,18H,3-4,7,10-12,14,21H2,(H,22,24). The van der Waals surface area contributed by atoms with E-state index in [2.05, 4.69) is 5.32 Å². The van der Waals surface area contributed by atoms with Gasteiger partial charge in [-0.05, 0) is 42.2 Å². The number of fused-ring (bicyclic) bond motifs is 1. The van der Waals surface area contributed by atoms with Gasteiger partial charge in [0.1, 0.15) is 0 Å². The summed E-state index contributed by atoms with van der Waals surface area (Å²) in [6.45, 7) is 1.58. The average Bonchev–Trinajstić information content (AvgIpc) is 2.66. The highest BCUT2D eigenvalue weighted by Gasteiger charge is 2.27. The highest BCUT2D eigenvalue weighted by Crippen LogP contribution is 2.22. The molecule has 132 valence electrons. The van der Waals surface area contributed by atoms with Crippen molar-refractivity contribution in [2.45, 2.75) is 31.7 Å². The minimum absolute atomic E-state index is 0.0449. The second-order valence-corrected chi connectivity index (χ2v) is 6.55. The molecule has 1 aliphatic rings. The lowest BCUT2D eigenvalue weighted by molar-refractivity contribution is -0.121. The van der Waals surface area contributed by atoms with Crippen LogP contribution in [0.5, 0.6) is 0 Å². The van der Waals surface area contributed by atoms with Gasteiger partial charge in [0.05, 0.1) is 0 Å². The number of carbonyl (C=O) groups is 2. The number of nitrogens with one attached hydrogen (secondary N) is 1. The van der Waals surface area contributed by atoms with E-state index in [1.54, 1.807) is 0 Å². The van der Waals surface area contributed by atoms with Crippen molar-refractivity contribution in [3.8, 4) is 0 Å². The maximum Gasteiger partial charge on any atom is 0.254 e. The zero-order chi connectivity index (χ0) is 17.6. The first-order valence-corrected chi connectivity index (χ1v) is 8.95. The Morgan fingerprint density at radius 3 is 2.72 bits per heavy atom. The van der Waals surface area contributed by atoms with Gasteiger partial charge in [0.25, 0.3) is 5.91 Å². The lowest BCUT2D eigenvalue weighted by atomic mass is 9.99. The summed E-state index contributed by atoms with van der Waals surface area (Å²) < 4.78 is 0. The number of likely N-dealkylation sites (tertiary alicyclic amines) is 1. The molecule has 2 amide bonds. The molecule has 0 radical (unpaired) electrons. The number of carbonyl (C=O) groups excluding carboxylic acids is 2. The van der Waals surface area contributed by atoms with Gasteiger partial charge in [0.15, 0.2) is 0 Å². The number of nitrogens with zero attached hydrogens (tertiary/aromatic N) is 1. The van der Waals surface area contributed by atoms with Crippen molar-refractivity contribution in [3.63, 3.8) is 0 Å². The fourth-order valence-electron chi connectivity index (χ4n) is 3.42. The molecule has 0 aromatic heterocycles. The summed E-state index contributed by atoms with van der Waals surface area (Å²) in [6, 6.07) is 13.9. The number of rotatable bonds is 5. The molecular formula is C20H25N3O2. The van der Waals surface area contributed by atoms with Crippen LogP contribution in [-0.4, -0.2) is 42.4 Å². The van der Waals surface area contributed by atoms with E-state index < -0.39 is 0 Å². The second-order valence-electron chi connectivity index (χ2n) is 6.55. The summed E-state index contributed by atoms with van der Waals surface area (Å²) in [5, 5.41) is 5.10. The van der Waals surface area contributed by atoms with Crippen LogP contribution in [0.4, 0.5) is 0 Å². The quantitative estimate of drug-likeness (QED) is 0.878. The monoisotopic (exact) mass is 339 g/mol. The van der Waals surface area contributed by atoms with E-state index >= 15 is 0 Å². The van der Waals surface area contributed by atoms with E-state index in [1.165, 1.54) is 0 Å². The Hall–Kier alpha value is -2.40. The molecule has 5 nitrogen and oxygen atoms in total. The van der Waals surface area contributed by atoms with E-state index in [0.29, 0.717) is 25.1 Å². The van der Waals surface area contributed by atoms with Crippen LogP contribution in [0.3, 0.4) is 0 Å². The lowest BCUT2D eigenvalue weighted by Crippen LogP contribution is -2.49. The van der Waals surface area contributed by atoms with E-state index in [-0.39, 0.29) is 17.9 Å². The Morgan fingerprint density at radius 1 is 1.12 bits per heavy atom. The minimum atomic E-state index is -0.0498. The molecule has 1 unspecified atom stereocenters. The van der Waals surface area contributed by atoms with Gasteiger partial charge < -0.3 is 16.0 Å². The predicted molar refractivity (Wildman–Crippen MR) is 99.3 cm³/mol. The second kappa shape index (κ2) is 8.12. The lowest BCUT2D eigenvalue weighted by Gasteiger charge is -2.36. The van der Waals surface area contributed by atoms with Crippen LogP contribution < -0.4 is 11.1 Å². The first-order valence-electron chi connectivity index (χ1n) is 8.95. The molecule has 1 fully saturated rings. The van der Waals surface area contributed by atoms with Crippen LogP contribution >= 0.6 is 0 Å². The maximum atomic E-state index is 13.0. The van der Waals surface area contributed by atoms with Gasteiger partial charge in [-0.1, -0.05) is 30.3 Å². The summed E-state index contributed by atoms with van der Waals surface area (Å²) in [6.07, 6.45) is 3.33. The van der Waals surface area contributed by atoms with E-state index in [0.717, 1.165) is 36.6 Å². The molecule has 1 atom stereocenters. The van der Waals surface area contributed by atoms with Crippen LogP contribution in [0.1, 0.15) is 36.0 Å². The first-order chi connectivity index (χ1) is 12.2. The normalized spacial score (nSPS) is 17.5. The van der Waals surface area contributed by atoms with Gasteiger partial charge in [-0.2, -0.15) is 0 Å². The van der Waals surface area contributed by atoms with Crippen molar-refractivity contribution in [2.24, 2.45) is 5.73 Å². The van der Waals surface area contributed by atoms with Crippen molar-refractivity contribution in [1.29, 1.82) is 0 Å². The van der Waals surface area contributed by atoms with Crippen LogP contribution in [-0.2, 0) is 4.79 Å². The third-order valence-electron chi connectivity index (χ3n) is 4.79. The molecule has 0 saturated carbocycles. The Labute approximate surface area is 148 Å². The molecule has 3 N–H and O–H groups in total. The van der Waals surface area contributed by atoms with Crippen molar-refractivity contribution in [2.75, 3.05) is 19.6 Å². The molecule has 1 aliphatic heterocycles. The largest absolute Gasteiger partial charge is 0.354 e. The zero-order valence-corrected chi connectivity index (χ0v) is 14.4. The van der Waals surface area contributed by atoms with Crippen molar-refractivity contribution in [1.82, 2.24) is 10.2 Å². The number of piperidine rings is 1. The van der Waals surface area contributed by atoms with Crippen molar-refractivity contribution < 1.29 is 9.59 Å². The molecule has 2 aromatic carbocycles. The summed E-state index contributed by atoms with van der Waals surface area (Å²) in [7, 11) is 0. The maximum absolute atomic E-state index is 13.0. The smallest absolute Gasteiger partial charge is 0.254 e. The first kappa shape index (κ1) is 17.4. The molecule has 1 saturated heterocycles. The van der Waals surface area contributed by atoms with Gasteiger partial charge in [-0.25, -0.2) is 0 Å². The minimum Gasteiger partial charge on any atom is -0.354 e.